The first-order valence-electron chi connectivity index (χ1n) is 9.60. The summed E-state index contributed by atoms with van der Waals surface area (Å²) in [5, 5.41) is 2.92. The number of carbonyl (C=O) groups excluding carboxylic acids is 2. The van der Waals surface area contributed by atoms with Gasteiger partial charge in [-0.2, -0.15) is 0 Å². The number of hydrogen-bond donors (Lipinski definition) is 2. The van der Waals surface area contributed by atoms with Gasteiger partial charge in [-0.3, -0.25) is 14.5 Å². The maximum absolute atomic E-state index is 12.3. The predicted octanol–water partition coefficient (Wildman–Crippen LogP) is 2.25. The Hall–Kier alpha value is -2.86. The molecule has 0 radical (unpaired) electrons. The van der Waals surface area contributed by atoms with Gasteiger partial charge in [-0.15, -0.1) is 0 Å². The van der Waals surface area contributed by atoms with Gasteiger partial charge >= 0.3 is 0 Å². The van der Waals surface area contributed by atoms with Crippen LogP contribution in [0.25, 0.3) is 0 Å². The third kappa shape index (κ3) is 6.09. The normalized spacial score (nSPS) is 13.4. The molecule has 6 nitrogen and oxygen atoms in total. The van der Waals surface area contributed by atoms with Crippen LogP contribution in [0.4, 0.5) is 0 Å². The summed E-state index contributed by atoms with van der Waals surface area (Å²) in [5.41, 5.74) is 7.98. The van der Waals surface area contributed by atoms with Gasteiger partial charge in [0.05, 0.1) is 13.1 Å². The first kappa shape index (κ1) is 19.9. The Balaban J connectivity index is 1.43. The fourth-order valence-electron chi connectivity index (χ4n) is 3.07. The third-order valence-corrected chi connectivity index (χ3v) is 4.72. The minimum absolute atomic E-state index is 0.00602. The molecule has 0 bridgehead atoms. The Morgan fingerprint density at radius 3 is 2.57 bits per heavy atom. The first-order valence-corrected chi connectivity index (χ1v) is 9.60. The predicted molar refractivity (Wildman–Crippen MR) is 108 cm³/mol. The van der Waals surface area contributed by atoms with Crippen LogP contribution < -0.4 is 15.8 Å². The van der Waals surface area contributed by atoms with Crippen molar-refractivity contribution in [3.8, 4) is 5.75 Å². The molecule has 2 aromatic carbocycles. The molecule has 1 aliphatic carbocycles. The highest BCUT2D eigenvalue weighted by Gasteiger charge is 2.30. The lowest BCUT2D eigenvalue weighted by Crippen LogP contribution is -2.39. The van der Waals surface area contributed by atoms with Crippen molar-refractivity contribution in [2.75, 3.05) is 19.7 Å². The lowest BCUT2D eigenvalue weighted by atomic mass is 10.1. The van der Waals surface area contributed by atoms with Gasteiger partial charge in [0, 0.05) is 18.2 Å². The number of primary amides is 1. The molecular formula is C22H27N3O3. The molecule has 0 atom stereocenters. The second-order valence-corrected chi connectivity index (χ2v) is 7.21. The fraction of sp³-hybridized carbons (Fsp3) is 0.364. The molecule has 3 rings (SSSR count). The molecule has 6 heteroatoms. The quantitative estimate of drug-likeness (QED) is 0.618. The number of rotatable bonds is 10. The van der Waals surface area contributed by atoms with Crippen molar-refractivity contribution < 1.29 is 14.3 Å². The molecule has 0 unspecified atom stereocenters. The molecule has 0 aromatic heterocycles. The summed E-state index contributed by atoms with van der Waals surface area (Å²) in [6.07, 6.45) is 2.23. The number of nitrogens with two attached hydrogens (primary N) is 1. The smallest absolute Gasteiger partial charge is 0.248 e. The summed E-state index contributed by atoms with van der Waals surface area (Å²) in [6, 6.07) is 15.5. The van der Waals surface area contributed by atoms with E-state index in [1.54, 1.807) is 12.1 Å². The van der Waals surface area contributed by atoms with Gasteiger partial charge in [-0.05, 0) is 55.2 Å². The van der Waals surface area contributed by atoms with Crippen LogP contribution >= 0.6 is 0 Å². The van der Waals surface area contributed by atoms with E-state index in [1.165, 1.54) is 0 Å². The third-order valence-electron chi connectivity index (χ3n) is 4.72. The van der Waals surface area contributed by atoms with E-state index >= 15 is 0 Å². The van der Waals surface area contributed by atoms with Gasteiger partial charge < -0.3 is 15.8 Å². The van der Waals surface area contributed by atoms with Crippen molar-refractivity contribution in [1.29, 1.82) is 0 Å². The van der Waals surface area contributed by atoms with E-state index < -0.39 is 5.91 Å². The van der Waals surface area contributed by atoms with Gasteiger partial charge in [-0.1, -0.05) is 24.3 Å². The van der Waals surface area contributed by atoms with Crippen molar-refractivity contribution in [2.24, 2.45) is 5.73 Å². The van der Waals surface area contributed by atoms with Gasteiger partial charge in [0.2, 0.25) is 11.8 Å². The number of hydrogen-bond acceptors (Lipinski definition) is 4. The van der Waals surface area contributed by atoms with E-state index in [4.69, 9.17) is 10.5 Å². The second kappa shape index (κ2) is 9.37. The summed E-state index contributed by atoms with van der Waals surface area (Å²) in [4.78, 5) is 25.7. The number of aryl methyl sites for hydroxylation is 1. The van der Waals surface area contributed by atoms with Gasteiger partial charge in [0.25, 0.3) is 0 Å². The van der Waals surface area contributed by atoms with Gasteiger partial charge in [0.1, 0.15) is 12.4 Å². The largest absolute Gasteiger partial charge is 0.492 e. The minimum Gasteiger partial charge on any atom is -0.492 e. The van der Waals surface area contributed by atoms with Crippen LogP contribution in [0.15, 0.2) is 48.5 Å². The molecule has 2 aromatic rings. The standard InChI is InChI=1S/C22H27N3O3/c1-16-3-2-4-20(13-16)28-12-11-24-21(26)15-25(19-9-10-19)14-17-5-7-18(8-6-17)22(23)27/h2-8,13,19H,9-12,14-15H2,1H3,(H2,23,27)(H,24,26). The van der Waals surface area contributed by atoms with Crippen LogP contribution in [0.5, 0.6) is 5.75 Å². The topological polar surface area (TPSA) is 84.7 Å². The molecule has 1 fully saturated rings. The fourth-order valence-corrected chi connectivity index (χ4v) is 3.07. The maximum atomic E-state index is 12.3. The zero-order valence-electron chi connectivity index (χ0n) is 16.2. The van der Waals surface area contributed by atoms with Crippen LogP contribution in [-0.2, 0) is 11.3 Å². The number of nitrogens with one attached hydrogen (secondary N) is 1. The summed E-state index contributed by atoms with van der Waals surface area (Å²) >= 11 is 0. The summed E-state index contributed by atoms with van der Waals surface area (Å²) in [5.74, 6) is 0.375. The summed E-state index contributed by atoms with van der Waals surface area (Å²) in [7, 11) is 0. The average molecular weight is 381 g/mol. The molecule has 1 saturated carbocycles. The van der Waals surface area contributed by atoms with E-state index in [0.717, 1.165) is 29.7 Å². The van der Waals surface area contributed by atoms with E-state index in [9.17, 15) is 9.59 Å². The van der Waals surface area contributed by atoms with Crippen LogP contribution in [0.1, 0.15) is 34.3 Å². The SMILES string of the molecule is Cc1cccc(OCCNC(=O)CN(Cc2ccc(C(N)=O)cc2)C2CC2)c1. The molecular weight excluding hydrogens is 354 g/mol. The summed E-state index contributed by atoms with van der Waals surface area (Å²) in [6.45, 7) is 3.96. The molecule has 0 heterocycles. The Morgan fingerprint density at radius 1 is 1.18 bits per heavy atom. The van der Waals surface area contributed by atoms with Crippen LogP contribution in [0.2, 0.25) is 0 Å². The Morgan fingerprint density at radius 2 is 1.93 bits per heavy atom. The highest BCUT2D eigenvalue weighted by Crippen LogP contribution is 2.28. The highest BCUT2D eigenvalue weighted by molar-refractivity contribution is 5.92. The van der Waals surface area contributed by atoms with E-state index in [0.29, 0.717) is 37.8 Å². The van der Waals surface area contributed by atoms with Crippen LogP contribution in [0.3, 0.4) is 0 Å². The molecule has 148 valence electrons. The maximum Gasteiger partial charge on any atom is 0.248 e. The number of ether oxygens (including phenoxy) is 1. The number of benzene rings is 2. The summed E-state index contributed by atoms with van der Waals surface area (Å²) < 4.78 is 5.66. The van der Waals surface area contributed by atoms with Gasteiger partial charge in [-0.25, -0.2) is 0 Å². The van der Waals surface area contributed by atoms with Crippen molar-refractivity contribution in [1.82, 2.24) is 10.2 Å². The second-order valence-electron chi connectivity index (χ2n) is 7.21. The Kier molecular flexibility index (Phi) is 6.66. The zero-order chi connectivity index (χ0) is 19.9. The molecule has 2 amide bonds. The number of amides is 2. The molecule has 0 spiro atoms. The molecule has 1 aliphatic rings. The molecule has 0 aliphatic heterocycles. The van der Waals surface area contributed by atoms with Crippen molar-refractivity contribution >= 4 is 11.8 Å². The monoisotopic (exact) mass is 381 g/mol. The van der Waals surface area contributed by atoms with Gasteiger partial charge in [0.15, 0.2) is 0 Å². The van der Waals surface area contributed by atoms with E-state index in [1.807, 2.05) is 43.3 Å². The van der Waals surface area contributed by atoms with Crippen molar-refractivity contribution in [2.45, 2.75) is 32.4 Å². The lowest BCUT2D eigenvalue weighted by Gasteiger charge is -2.21. The van der Waals surface area contributed by atoms with Crippen LogP contribution in [0, 0.1) is 6.92 Å². The Labute approximate surface area is 165 Å². The minimum atomic E-state index is -0.433. The molecule has 0 saturated heterocycles. The highest BCUT2D eigenvalue weighted by atomic mass is 16.5. The van der Waals surface area contributed by atoms with Crippen molar-refractivity contribution in [3.05, 3.63) is 65.2 Å². The van der Waals surface area contributed by atoms with Crippen molar-refractivity contribution in [3.63, 3.8) is 0 Å². The lowest BCUT2D eigenvalue weighted by molar-refractivity contribution is -0.122. The van der Waals surface area contributed by atoms with E-state index in [2.05, 4.69) is 10.2 Å². The number of carbonyl (C=O) groups is 2. The molecule has 3 N–H and O–H groups in total. The number of nitrogens with zero attached hydrogens (tertiary/aromatic N) is 1. The first-order chi connectivity index (χ1) is 13.5. The van der Waals surface area contributed by atoms with E-state index in [-0.39, 0.29) is 5.91 Å². The zero-order valence-corrected chi connectivity index (χ0v) is 16.2. The average Bonchev–Trinajstić information content (AvgIpc) is 3.50. The Bertz CT molecular complexity index is 816. The van der Waals surface area contributed by atoms with Crippen LogP contribution in [-0.4, -0.2) is 42.5 Å². The molecule has 28 heavy (non-hydrogen) atoms.